The topological polar surface area (TPSA) is 60.7 Å². The number of hydrogen-bond acceptors (Lipinski definition) is 3. The van der Waals surface area contributed by atoms with Crippen molar-refractivity contribution in [1.82, 2.24) is 0 Å². The van der Waals surface area contributed by atoms with Crippen LogP contribution < -0.4 is 0 Å². The highest BCUT2D eigenvalue weighted by Crippen LogP contribution is 2.05. The lowest BCUT2D eigenvalue weighted by atomic mass is 9.78. The van der Waals surface area contributed by atoms with Crippen LogP contribution in [0.3, 0.4) is 0 Å². The van der Waals surface area contributed by atoms with Gasteiger partial charge in [0.1, 0.15) is 5.76 Å². The summed E-state index contributed by atoms with van der Waals surface area (Å²) >= 11 is 0. The number of allylic oxidation sites excluding steroid dienone is 4. The Hall–Kier alpha value is -0.995. The second-order valence-electron chi connectivity index (χ2n) is 1.97. The summed E-state index contributed by atoms with van der Waals surface area (Å²) < 4.78 is 0. The minimum absolute atomic E-state index is 0.00287. The predicted octanol–water partition coefficient (Wildman–Crippen LogP) is 0.573. The van der Waals surface area contributed by atoms with Crippen molar-refractivity contribution in [2.45, 2.75) is 6.92 Å². The predicted molar refractivity (Wildman–Crippen MR) is 44.9 cm³/mol. The molecule has 0 amide bonds. The van der Waals surface area contributed by atoms with Gasteiger partial charge in [-0.15, -0.1) is 0 Å². The van der Waals surface area contributed by atoms with Gasteiger partial charge < -0.3 is 15.2 Å². The van der Waals surface area contributed by atoms with E-state index in [0.29, 0.717) is 0 Å². The lowest BCUT2D eigenvalue weighted by molar-refractivity contribution is 0.394. The van der Waals surface area contributed by atoms with Gasteiger partial charge in [0, 0.05) is 5.47 Å². The van der Waals surface area contributed by atoms with Gasteiger partial charge in [0.2, 0.25) is 0 Å². The second-order valence-corrected chi connectivity index (χ2v) is 1.97. The zero-order valence-corrected chi connectivity index (χ0v) is 6.36. The van der Waals surface area contributed by atoms with Crippen molar-refractivity contribution >= 4 is 7.12 Å². The number of aliphatic hydroxyl groups is 1. The van der Waals surface area contributed by atoms with Crippen molar-refractivity contribution in [3.05, 3.63) is 36.0 Å². The van der Waals surface area contributed by atoms with Gasteiger partial charge in [-0.3, -0.25) is 0 Å². The highest BCUT2D eigenvalue weighted by molar-refractivity contribution is 6.52. The van der Waals surface area contributed by atoms with Crippen LogP contribution in [0.5, 0.6) is 0 Å². The standard InChI is InChI=1S/C7H11BO3/c1-3-4-5-7(6(2)9)8(10)11/h3-5,9-11H,2H2,1H3/b4-3-,7-5+. The Balaban J connectivity index is 4.46. The molecule has 0 atom stereocenters. The van der Waals surface area contributed by atoms with E-state index in [1.54, 1.807) is 19.1 Å². The van der Waals surface area contributed by atoms with Crippen LogP contribution in [-0.4, -0.2) is 22.3 Å². The van der Waals surface area contributed by atoms with Gasteiger partial charge in [0.25, 0.3) is 0 Å². The Morgan fingerprint density at radius 3 is 2.27 bits per heavy atom. The number of aliphatic hydroxyl groups excluding tert-OH is 1. The fourth-order valence-electron chi connectivity index (χ4n) is 0.531. The summed E-state index contributed by atoms with van der Waals surface area (Å²) in [6.45, 7) is 4.94. The van der Waals surface area contributed by atoms with Crippen LogP contribution >= 0.6 is 0 Å². The minimum atomic E-state index is -1.68. The monoisotopic (exact) mass is 154 g/mol. The molecule has 3 N–H and O–H groups in total. The Labute approximate surface area is 66.1 Å². The largest absolute Gasteiger partial charge is 0.509 e. The maximum Gasteiger partial charge on any atom is 0.492 e. The first-order valence-electron chi connectivity index (χ1n) is 3.16. The van der Waals surface area contributed by atoms with E-state index in [1.165, 1.54) is 6.08 Å². The first-order chi connectivity index (χ1) is 5.09. The maximum atomic E-state index is 8.79. The minimum Gasteiger partial charge on any atom is -0.509 e. The zero-order valence-electron chi connectivity index (χ0n) is 6.36. The Morgan fingerprint density at radius 1 is 1.45 bits per heavy atom. The summed E-state index contributed by atoms with van der Waals surface area (Å²) in [6.07, 6.45) is 4.66. The Kier molecular flexibility index (Phi) is 4.33. The van der Waals surface area contributed by atoms with Crippen LogP contribution in [0.1, 0.15) is 6.92 Å². The normalized spacial score (nSPS) is 12.1. The number of rotatable bonds is 3. The van der Waals surface area contributed by atoms with Gasteiger partial charge >= 0.3 is 7.12 Å². The van der Waals surface area contributed by atoms with Crippen LogP contribution in [0.2, 0.25) is 0 Å². The third kappa shape index (κ3) is 3.65. The highest BCUT2D eigenvalue weighted by Gasteiger charge is 2.15. The number of hydrogen-bond donors (Lipinski definition) is 3. The molecule has 0 aliphatic carbocycles. The van der Waals surface area contributed by atoms with Gasteiger partial charge in [0.05, 0.1) is 0 Å². The average Bonchev–Trinajstić information content (AvgIpc) is 1.87. The van der Waals surface area contributed by atoms with E-state index in [1.807, 2.05) is 0 Å². The quantitative estimate of drug-likeness (QED) is 0.316. The summed E-state index contributed by atoms with van der Waals surface area (Å²) in [5, 5.41) is 26.1. The van der Waals surface area contributed by atoms with Crippen molar-refractivity contribution in [3.8, 4) is 0 Å². The molecule has 0 aliphatic rings. The molecule has 0 unspecified atom stereocenters. The van der Waals surface area contributed by atoms with E-state index in [4.69, 9.17) is 15.2 Å². The molecule has 0 aliphatic heterocycles. The molecule has 11 heavy (non-hydrogen) atoms. The molecule has 0 aromatic rings. The van der Waals surface area contributed by atoms with E-state index >= 15 is 0 Å². The molecule has 0 rings (SSSR count). The molecule has 0 saturated carbocycles. The fraction of sp³-hybridized carbons (Fsp3) is 0.143. The van der Waals surface area contributed by atoms with E-state index in [0.717, 1.165) is 0 Å². The smallest absolute Gasteiger partial charge is 0.492 e. The molecule has 0 bridgehead atoms. The summed E-state index contributed by atoms with van der Waals surface area (Å²) in [7, 11) is -1.68. The van der Waals surface area contributed by atoms with Crippen LogP contribution in [0.25, 0.3) is 0 Å². The third-order valence-electron chi connectivity index (χ3n) is 1.08. The third-order valence-corrected chi connectivity index (χ3v) is 1.08. The Morgan fingerprint density at radius 2 is 2.00 bits per heavy atom. The second kappa shape index (κ2) is 4.76. The van der Waals surface area contributed by atoms with E-state index in [9.17, 15) is 0 Å². The molecule has 0 aromatic carbocycles. The maximum absolute atomic E-state index is 8.79. The first kappa shape index (κ1) is 10.0. The molecular formula is C7H11BO3. The molecule has 60 valence electrons. The van der Waals surface area contributed by atoms with Crippen LogP contribution in [0.15, 0.2) is 36.0 Å². The SMILES string of the molecule is C=C(O)/C(=C\C=C/C)B(O)O. The van der Waals surface area contributed by atoms with E-state index in [-0.39, 0.29) is 11.2 Å². The van der Waals surface area contributed by atoms with Gasteiger partial charge in [-0.25, -0.2) is 0 Å². The fourth-order valence-corrected chi connectivity index (χ4v) is 0.531. The molecule has 3 nitrogen and oxygen atoms in total. The molecule has 0 saturated heterocycles. The van der Waals surface area contributed by atoms with E-state index < -0.39 is 7.12 Å². The van der Waals surface area contributed by atoms with Gasteiger partial charge in [-0.1, -0.05) is 24.8 Å². The summed E-state index contributed by atoms with van der Waals surface area (Å²) in [5.74, 6) is -0.335. The molecule has 0 fully saturated rings. The molecule has 0 aromatic heterocycles. The van der Waals surface area contributed by atoms with Gasteiger partial charge in [-0.2, -0.15) is 0 Å². The van der Waals surface area contributed by atoms with Crippen molar-refractivity contribution in [3.63, 3.8) is 0 Å². The van der Waals surface area contributed by atoms with Crippen LogP contribution in [0.4, 0.5) is 0 Å². The molecule has 0 heterocycles. The molecule has 4 heteroatoms. The molecule has 0 radical (unpaired) electrons. The lowest BCUT2D eigenvalue weighted by Gasteiger charge is -2.01. The van der Waals surface area contributed by atoms with Gasteiger partial charge in [-0.05, 0) is 6.92 Å². The summed E-state index contributed by atoms with van der Waals surface area (Å²) in [6, 6.07) is 0. The van der Waals surface area contributed by atoms with Crippen molar-refractivity contribution in [2.75, 3.05) is 0 Å². The summed E-state index contributed by atoms with van der Waals surface area (Å²) in [4.78, 5) is 0. The average molecular weight is 154 g/mol. The lowest BCUT2D eigenvalue weighted by Crippen LogP contribution is -2.16. The summed E-state index contributed by atoms with van der Waals surface area (Å²) in [5.41, 5.74) is 0.00287. The van der Waals surface area contributed by atoms with Gasteiger partial charge in [0.15, 0.2) is 0 Å². The molecular weight excluding hydrogens is 143 g/mol. The van der Waals surface area contributed by atoms with Crippen LogP contribution in [-0.2, 0) is 0 Å². The van der Waals surface area contributed by atoms with Crippen molar-refractivity contribution in [1.29, 1.82) is 0 Å². The molecule has 0 spiro atoms. The van der Waals surface area contributed by atoms with Crippen molar-refractivity contribution < 1.29 is 15.2 Å². The first-order valence-corrected chi connectivity index (χ1v) is 3.16. The van der Waals surface area contributed by atoms with Crippen LogP contribution in [0, 0.1) is 0 Å². The highest BCUT2D eigenvalue weighted by atomic mass is 16.4. The Bertz CT molecular complexity index is 194. The van der Waals surface area contributed by atoms with E-state index in [2.05, 4.69) is 6.58 Å². The van der Waals surface area contributed by atoms with Crippen molar-refractivity contribution in [2.24, 2.45) is 0 Å². The zero-order chi connectivity index (χ0) is 8.85.